The van der Waals surface area contributed by atoms with Gasteiger partial charge in [-0.2, -0.15) is 0 Å². The van der Waals surface area contributed by atoms with E-state index in [0.29, 0.717) is 17.1 Å². The van der Waals surface area contributed by atoms with E-state index in [1.54, 1.807) is 6.20 Å². The highest BCUT2D eigenvalue weighted by atomic mass is 32.1. The van der Waals surface area contributed by atoms with E-state index in [0.717, 1.165) is 49.0 Å². The van der Waals surface area contributed by atoms with Crippen molar-refractivity contribution >= 4 is 29.0 Å². The second-order valence-corrected chi connectivity index (χ2v) is 11.7. The van der Waals surface area contributed by atoms with Crippen LogP contribution in [-0.4, -0.2) is 62.1 Å². The second-order valence-electron chi connectivity index (χ2n) is 10.7. The number of hydrogen-bond donors (Lipinski definition) is 3. The number of nitrogens with zero attached hydrogens (tertiary/aromatic N) is 3. The number of pyridine rings is 1. The summed E-state index contributed by atoms with van der Waals surface area (Å²) in [7, 11) is 0. The number of carbonyl (C=O) groups excluding carboxylic acids is 2. The molecule has 2 aromatic heterocycles. The Bertz CT molecular complexity index is 1080. The molecule has 1 saturated heterocycles. The van der Waals surface area contributed by atoms with Crippen LogP contribution < -0.4 is 10.6 Å². The van der Waals surface area contributed by atoms with E-state index < -0.39 is 5.54 Å². The summed E-state index contributed by atoms with van der Waals surface area (Å²) in [6.45, 7) is 10.8. The summed E-state index contributed by atoms with van der Waals surface area (Å²) in [6, 6.07) is 2.10. The van der Waals surface area contributed by atoms with E-state index in [1.165, 1.54) is 11.3 Å². The van der Waals surface area contributed by atoms with Crippen molar-refractivity contribution in [2.75, 3.05) is 18.5 Å². The van der Waals surface area contributed by atoms with Crippen molar-refractivity contribution in [1.82, 2.24) is 20.2 Å². The highest BCUT2D eigenvalue weighted by molar-refractivity contribution is 7.17. The highest BCUT2D eigenvalue weighted by Gasteiger charge is 2.39. The number of aliphatic hydroxyl groups is 1. The average molecular weight is 486 g/mol. The van der Waals surface area contributed by atoms with Gasteiger partial charge in [-0.3, -0.25) is 9.59 Å². The standard InChI is InChI=1S/C25H35N5O3S/c1-15-12-18(28-24(3,4)5)26-13-17(15)20-19(23(33)30-11-6-8-16(30)2)27-22(34-20)21(32)29-25(14-31)9-7-10-25/h12-13,16,31H,6-11,14H2,1-5H3,(H,26,28)(H,29,32)/t16-/m0/s1. The minimum Gasteiger partial charge on any atom is -0.394 e. The largest absolute Gasteiger partial charge is 0.394 e. The average Bonchev–Trinajstić information content (AvgIpc) is 3.36. The Morgan fingerprint density at radius 1 is 1.29 bits per heavy atom. The topological polar surface area (TPSA) is 107 Å². The minimum absolute atomic E-state index is 0.0979. The lowest BCUT2D eigenvalue weighted by atomic mass is 9.77. The first-order valence-corrected chi connectivity index (χ1v) is 12.8. The van der Waals surface area contributed by atoms with Crippen LogP contribution in [0.15, 0.2) is 12.3 Å². The van der Waals surface area contributed by atoms with E-state index in [4.69, 9.17) is 0 Å². The van der Waals surface area contributed by atoms with Crippen molar-refractivity contribution in [2.45, 2.75) is 83.8 Å². The van der Waals surface area contributed by atoms with Gasteiger partial charge in [-0.05, 0) is 78.4 Å². The van der Waals surface area contributed by atoms with E-state index in [2.05, 4.69) is 41.4 Å². The van der Waals surface area contributed by atoms with Crippen molar-refractivity contribution in [2.24, 2.45) is 0 Å². The number of rotatable bonds is 6. The van der Waals surface area contributed by atoms with Gasteiger partial charge in [-0.1, -0.05) is 0 Å². The number of aromatic nitrogens is 2. The fourth-order valence-electron chi connectivity index (χ4n) is 4.58. The maximum atomic E-state index is 13.5. The Kier molecular flexibility index (Phi) is 6.70. The first kappa shape index (κ1) is 24.6. The smallest absolute Gasteiger partial charge is 0.280 e. The molecule has 9 heteroatoms. The van der Waals surface area contributed by atoms with Gasteiger partial charge >= 0.3 is 0 Å². The Balaban J connectivity index is 1.71. The Morgan fingerprint density at radius 2 is 2.03 bits per heavy atom. The molecular formula is C25H35N5O3S. The number of amides is 2. The second kappa shape index (κ2) is 9.26. The number of likely N-dealkylation sites (tertiary alicyclic amines) is 1. The molecule has 2 aliphatic rings. The monoisotopic (exact) mass is 485 g/mol. The highest BCUT2D eigenvalue weighted by Crippen LogP contribution is 2.36. The lowest BCUT2D eigenvalue weighted by Crippen LogP contribution is -2.56. The van der Waals surface area contributed by atoms with Crippen LogP contribution in [0.4, 0.5) is 5.82 Å². The molecule has 2 amide bonds. The van der Waals surface area contributed by atoms with Crippen LogP contribution in [0.3, 0.4) is 0 Å². The molecule has 8 nitrogen and oxygen atoms in total. The normalized spacial score (nSPS) is 19.6. The van der Waals surface area contributed by atoms with Crippen LogP contribution in [0.2, 0.25) is 0 Å². The molecule has 3 N–H and O–H groups in total. The van der Waals surface area contributed by atoms with E-state index >= 15 is 0 Å². The summed E-state index contributed by atoms with van der Waals surface area (Å²) in [5, 5.41) is 16.3. The lowest BCUT2D eigenvalue weighted by molar-refractivity contribution is 0.0641. The molecule has 2 fully saturated rings. The molecule has 0 unspecified atom stereocenters. The van der Waals surface area contributed by atoms with E-state index in [-0.39, 0.29) is 35.0 Å². The zero-order chi connectivity index (χ0) is 24.7. The Hall–Kier alpha value is -2.52. The number of aliphatic hydroxyl groups excluding tert-OH is 1. The summed E-state index contributed by atoms with van der Waals surface area (Å²) >= 11 is 1.22. The number of aryl methyl sites for hydroxylation is 1. The fraction of sp³-hybridized carbons (Fsp3) is 0.600. The van der Waals surface area contributed by atoms with Gasteiger partial charge in [0.2, 0.25) is 0 Å². The lowest BCUT2D eigenvalue weighted by Gasteiger charge is -2.40. The molecule has 0 aromatic carbocycles. The molecule has 3 heterocycles. The van der Waals surface area contributed by atoms with E-state index in [1.807, 2.05) is 24.8 Å². The van der Waals surface area contributed by atoms with Crippen molar-refractivity contribution in [3.63, 3.8) is 0 Å². The molecule has 0 radical (unpaired) electrons. The third-order valence-electron chi connectivity index (χ3n) is 6.69. The Labute approximate surface area is 205 Å². The quantitative estimate of drug-likeness (QED) is 0.571. The van der Waals surface area contributed by atoms with Gasteiger partial charge in [-0.25, -0.2) is 9.97 Å². The number of anilines is 1. The van der Waals surface area contributed by atoms with E-state index in [9.17, 15) is 14.7 Å². The summed E-state index contributed by atoms with van der Waals surface area (Å²) in [4.78, 5) is 38.3. The number of hydrogen-bond acceptors (Lipinski definition) is 7. The molecular weight excluding hydrogens is 450 g/mol. The van der Waals surface area contributed by atoms with Gasteiger partial charge in [0.05, 0.1) is 17.0 Å². The SMILES string of the molecule is Cc1cc(NC(C)(C)C)ncc1-c1sc(C(=O)NC2(CO)CCC2)nc1C(=O)N1CCC[C@@H]1C. The Morgan fingerprint density at radius 3 is 2.56 bits per heavy atom. The number of carbonyl (C=O) groups is 2. The number of thiazole rings is 1. The van der Waals surface area contributed by atoms with Crippen LogP contribution in [0.1, 0.15) is 85.7 Å². The number of nitrogens with one attached hydrogen (secondary N) is 2. The van der Waals surface area contributed by atoms with Crippen molar-refractivity contribution in [3.8, 4) is 10.4 Å². The molecule has 2 aromatic rings. The zero-order valence-electron chi connectivity index (χ0n) is 20.7. The maximum absolute atomic E-state index is 13.5. The van der Waals surface area contributed by atoms with Crippen LogP contribution in [0.25, 0.3) is 10.4 Å². The summed E-state index contributed by atoms with van der Waals surface area (Å²) in [6.07, 6.45) is 6.15. The first-order chi connectivity index (χ1) is 16.0. The third-order valence-corrected chi connectivity index (χ3v) is 7.78. The van der Waals surface area contributed by atoms with Crippen LogP contribution in [0, 0.1) is 6.92 Å². The predicted molar refractivity (Wildman–Crippen MR) is 134 cm³/mol. The van der Waals surface area contributed by atoms with Gasteiger partial charge in [0.25, 0.3) is 11.8 Å². The molecule has 4 rings (SSSR count). The van der Waals surface area contributed by atoms with Gasteiger partial charge < -0.3 is 20.6 Å². The van der Waals surface area contributed by atoms with Gasteiger partial charge in [-0.15, -0.1) is 11.3 Å². The summed E-state index contributed by atoms with van der Waals surface area (Å²) in [5.41, 5.74) is 1.35. The molecule has 1 atom stereocenters. The van der Waals surface area contributed by atoms with Gasteiger partial charge in [0, 0.05) is 29.9 Å². The third kappa shape index (κ3) is 4.95. The van der Waals surface area contributed by atoms with Crippen molar-refractivity contribution in [1.29, 1.82) is 0 Å². The zero-order valence-corrected chi connectivity index (χ0v) is 21.5. The molecule has 0 bridgehead atoms. The maximum Gasteiger partial charge on any atom is 0.280 e. The molecule has 1 aliphatic carbocycles. The predicted octanol–water partition coefficient (Wildman–Crippen LogP) is 3.99. The van der Waals surface area contributed by atoms with Crippen LogP contribution in [0.5, 0.6) is 0 Å². The molecule has 1 saturated carbocycles. The van der Waals surface area contributed by atoms with Crippen molar-refractivity contribution < 1.29 is 14.7 Å². The molecule has 34 heavy (non-hydrogen) atoms. The summed E-state index contributed by atoms with van der Waals surface area (Å²) < 4.78 is 0. The molecule has 0 spiro atoms. The van der Waals surface area contributed by atoms with Crippen LogP contribution in [-0.2, 0) is 0 Å². The van der Waals surface area contributed by atoms with Crippen molar-refractivity contribution in [3.05, 3.63) is 28.5 Å². The molecule has 1 aliphatic heterocycles. The first-order valence-electron chi connectivity index (χ1n) is 12.0. The van der Waals surface area contributed by atoms with Gasteiger partial charge in [0.15, 0.2) is 5.01 Å². The van der Waals surface area contributed by atoms with Crippen LogP contribution >= 0.6 is 11.3 Å². The fourth-order valence-corrected chi connectivity index (χ4v) is 5.61. The molecule has 184 valence electrons. The summed E-state index contributed by atoms with van der Waals surface area (Å²) in [5.74, 6) is 0.268. The minimum atomic E-state index is -0.575. The van der Waals surface area contributed by atoms with Gasteiger partial charge in [0.1, 0.15) is 11.5 Å².